The lowest BCUT2D eigenvalue weighted by atomic mass is 10.1. The number of nitrogen functional groups attached to an aromatic ring is 1. The van der Waals surface area contributed by atoms with Crippen LogP contribution in [0.5, 0.6) is 0 Å². The van der Waals surface area contributed by atoms with E-state index in [4.69, 9.17) is 22.1 Å². The van der Waals surface area contributed by atoms with Gasteiger partial charge in [0.15, 0.2) is 0 Å². The zero-order valence-corrected chi connectivity index (χ0v) is 12.1. The number of anilines is 3. The lowest BCUT2D eigenvalue weighted by molar-refractivity contribution is 0.0526. The molecule has 2 aromatic rings. The fourth-order valence-corrected chi connectivity index (χ4v) is 1.91. The molecule has 0 aliphatic rings. The molecule has 0 radical (unpaired) electrons. The van der Waals surface area contributed by atoms with Crippen LogP contribution in [0.3, 0.4) is 0 Å². The van der Waals surface area contributed by atoms with Crippen molar-refractivity contribution in [3.8, 4) is 0 Å². The van der Waals surface area contributed by atoms with Crippen LogP contribution >= 0.6 is 11.6 Å². The number of carbonyl (C=O) groups excluding carboxylic acids is 1. The fourth-order valence-electron chi connectivity index (χ4n) is 1.74. The Morgan fingerprint density at radius 2 is 2.05 bits per heavy atom. The first-order chi connectivity index (χ1) is 10.0. The van der Waals surface area contributed by atoms with E-state index in [2.05, 4.69) is 5.32 Å². The lowest BCUT2D eigenvalue weighted by Crippen LogP contribution is -2.06. The van der Waals surface area contributed by atoms with Crippen molar-refractivity contribution in [1.82, 2.24) is 0 Å². The Labute approximate surface area is 126 Å². The summed E-state index contributed by atoms with van der Waals surface area (Å²) in [6.07, 6.45) is 0. The highest BCUT2D eigenvalue weighted by Crippen LogP contribution is 2.29. The molecule has 110 valence electrons. The van der Waals surface area contributed by atoms with Gasteiger partial charge in [0, 0.05) is 0 Å². The van der Waals surface area contributed by atoms with Crippen molar-refractivity contribution in [2.24, 2.45) is 0 Å². The van der Waals surface area contributed by atoms with Gasteiger partial charge in [-0.25, -0.2) is 9.18 Å². The van der Waals surface area contributed by atoms with E-state index >= 15 is 0 Å². The van der Waals surface area contributed by atoms with Crippen LogP contribution in [0.25, 0.3) is 0 Å². The van der Waals surface area contributed by atoms with E-state index < -0.39 is 11.8 Å². The molecule has 0 saturated heterocycles. The van der Waals surface area contributed by atoms with Crippen LogP contribution < -0.4 is 11.1 Å². The molecule has 0 atom stereocenters. The third-order valence-corrected chi connectivity index (χ3v) is 3.09. The number of benzene rings is 2. The number of halogens is 2. The lowest BCUT2D eigenvalue weighted by Gasteiger charge is -2.12. The Balaban J connectivity index is 2.33. The number of rotatable bonds is 4. The van der Waals surface area contributed by atoms with E-state index in [0.717, 1.165) is 0 Å². The molecule has 0 amide bonds. The second-order valence-corrected chi connectivity index (χ2v) is 4.68. The summed E-state index contributed by atoms with van der Waals surface area (Å²) in [6.45, 7) is 2.00. The van der Waals surface area contributed by atoms with E-state index in [9.17, 15) is 9.18 Å². The van der Waals surface area contributed by atoms with Crippen molar-refractivity contribution in [2.75, 3.05) is 17.7 Å². The minimum Gasteiger partial charge on any atom is -0.462 e. The predicted octanol–water partition coefficient (Wildman–Crippen LogP) is 3.98. The minimum atomic E-state index is -0.453. The predicted molar refractivity (Wildman–Crippen MR) is 81.5 cm³/mol. The standard InChI is InChI=1S/C15H14ClFN2O2/c1-2-21-15(20)9-3-6-12(18)14(7-9)19-13-8-10(17)4-5-11(13)16/h3-8,19H,2,18H2,1H3. The highest BCUT2D eigenvalue weighted by Gasteiger charge is 2.11. The average molecular weight is 309 g/mol. The Kier molecular flexibility index (Phi) is 4.65. The molecule has 0 saturated carbocycles. The molecule has 0 aromatic heterocycles. The monoisotopic (exact) mass is 308 g/mol. The third-order valence-electron chi connectivity index (χ3n) is 2.76. The molecular formula is C15H14ClFN2O2. The van der Waals surface area contributed by atoms with Gasteiger partial charge in [-0.15, -0.1) is 0 Å². The van der Waals surface area contributed by atoms with Gasteiger partial charge in [-0.3, -0.25) is 0 Å². The van der Waals surface area contributed by atoms with Gasteiger partial charge >= 0.3 is 5.97 Å². The maximum absolute atomic E-state index is 13.3. The van der Waals surface area contributed by atoms with Gasteiger partial charge in [0.05, 0.1) is 34.3 Å². The Bertz CT molecular complexity index is 677. The molecule has 6 heteroatoms. The smallest absolute Gasteiger partial charge is 0.338 e. The van der Waals surface area contributed by atoms with Crippen LogP contribution in [-0.2, 0) is 4.74 Å². The molecule has 0 fully saturated rings. The molecule has 0 aliphatic carbocycles. The Morgan fingerprint density at radius 3 is 2.76 bits per heavy atom. The first kappa shape index (κ1) is 15.1. The average Bonchev–Trinajstić information content (AvgIpc) is 2.45. The van der Waals surface area contributed by atoms with Gasteiger partial charge in [-0.1, -0.05) is 11.6 Å². The molecule has 0 spiro atoms. The molecule has 4 nitrogen and oxygen atoms in total. The number of nitrogens with one attached hydrogen (secondary N) is 1. The molecule has 2 aromatic carbocycles. The summed E-state index contributed by atoms with van der Waals surface area (Å²) in [6, 6.07) is 8.61. The van der Waals surface area contributed by atoms with E-state index in [0.29, 0.717) is 27.6 Å². The molecule has 0 heterocycles. The highest BCUT2D eigenvalue weighted by molar-refractivity contribution is 6.33. The zero-order chi connectivity index (χ0) is 15.4. The van der Waals surface area contributed by atoms with Crippen LogP contribution in [0.4, 0.5) is 21.5 Å². The number of hydrogen-bond acceptors (Lipinski definition) is 4. The first-order valence-corrected chi connectivity index (χ1v) is 6.67. The van der Waals surface area contributed by atoms with E-state index in [-0.39, 0.29) is 6.61 Å². The number of ether oxygens (including phenoxy) is 1. The summed E-state index contributed by atoms with van der Waals surface area (Å²) >= 11 is 5.99. The summed E-state index contributed by atoms with van der Waals surface area (Å²) in [7, 11) is 0. The molecule has 0 bridgehead atoms. The fraction of sp³-hybridized carbons (Fsp3) is 0.133. The van der Waals surface area contributed by atoms with Crippen molar-refractivity contribution in [2.45, 2.75) is 6.92 Å². The largest absolute Gasteiger partial charge is 0.462 e. The van der Waals surface area contributed by atoms with Gasteiger partial charge < -0.3 is 15.8 Å². The van der Waals surface area contributed by atoms with Crippen molar-refractivity contribution in [1.29, 1.82) is 0 Å². The SMILES string of the molecule is CCOC(=O)c1ccc(N)c(Nc2cc(F)ccc2Cl)c1. The third kappa shape index (κ3) is 3.64. The van der Waals surface area contributed by atoms with Gasteiger partial charge in [0.25, 0.3) is 0 Å². The molecule has 0 unspecified atom stereocenters. The summed E-state index contributed by atoms with van der Waals surface area (Å²) < 4.78 is 18.2. The normalized spacial score (nSPS) is 10.2. The van der Waals surface area contributed by atoms with E-state index in [1.165, 1.54) is 24.3 Å². The second kappa shape index (κ2) is 6.45. The molecule has 2 rings (SSSR count). The highest BCUT2D eigenvalue weighted by atomic mass is 35.5. The second-order valence-electron chi connectivity index (χ2n) is 4.27. The van der Waals surface area contributed by atoms with Crippen LogP contribution in [0.1, 0.15) is 17.3 Å². The molecule has 3 N–H and O–H groups in total. The molecular weight excluding hydrogens is 295 g/mol. The van der Waals surface area contributed by atoms with Crippen molar-refractivity contribution in [3.05, 3.63) is 52.8 Å². The number of esters is 1. The van der Waals surface area contributed by atoms with Crippen molar-refractivity contribution in [3.63, 3.8) is 0 Å². The van der Waals surface area contributed by atoms with Crippen LogP contribution in [0, 0.1) is 5.82 Å². The summed E-state index contributed by atoms with van der Waals surface area (Å²) in [5.41, 5.74) is 7.42. The zero-order valence-electron chi connectivity index (χ0n) is 11.3. The van der Waals surface area contributed by atoms with Gasteiger partial charge in [-0.2, -0.15) is 0 Å². The minimum absolute atomic E-state index is 0.279. The maximum atomic E-state index is 13.3. The summed E-state index contributed by atoms with van der Waals surface area (Å²) in [5, 5.41) is 3.26. The van der Waals surface area contributed by atoms with Crippen molar-refractivity contribution < 1.29 is 13.9 Å². The summed E-state index contributed by atoms with van der Waals surface area (Å²) in [4.78, 5) is 11.7. The number of nitrogens with two attached hydrogens (primary N) is 1. The van der Waals surface area contributed by atoms with Crippen molar-refractivity contribution >= 4 is 34.6 Å². The topological polar surface area (TPSA) is 64.3 Å². The van der Waals surface area contributed by atoms with Gasteiger partial charge in [0.1, 0.15) is 5.82 Å². The summed E-state index contributed by atoms with van der Waals surface area (Å²) in [5.74, 6) is -0.882. The first-order valence-electron chi connectivity index (χ1n) is 6.30. The molecule has 0 aliphatic heterocycles. The van der Waals surface area contributed by atoms with Crippen LogP contribution in [0.2, 0.25) is 5.02 Å². The number of hydrogen-bond donors (Lipinski definition) is 2. The van der Waals surface area contributed by atoms with Crippen LogP contribution in [-0.4, -0.2) is 12.6 Å². The molecule has 21 heavy (non-hydrogen) atoms. The quantitative estimate of drug-likeness (QED) is 0.662. The van der Waals surface area contributed by atoms with Gasteiger partial charge in [0.2, 0.25) is 0 Å². The number of carbonyl (C=O) groups is 1. The van der Waals surface area contributed by atoms with Crippen LogP contribution in [0.15, 0.2) is 36.4 Å². The van der Waals surface area contributed by atoms with E-state index in [1.54, 1.807) is 19.1 Å². The Hall–Kier alpha value is -2.27. The Morgan fingerprint density at radius 1 is 1.29 bits per heavy atom. The van der Waals surface area contributed by atoms with E-state index in [1.807, 2.05) is 0 Å². The maximum Gasteiger partial charge on any atom is 0.338 e. The van der Waals surface area contributed by atoms with Gasteiger partial charge in [-0.05, 0) is 43.3 Å².